The number of nitro groups is 1. The van der Waals surface area contributed by atoms with E-state index >= 15 is 0 Å². The highest BCUT2D eigenvalue weighted by molar-refractivity contribution is 6.02. The molecule has 8 nitrogen and oxygen atoms in total. The van der Waals surface area contributed by atoms with E-state index in [4.69, 9.17) is 13.9 Å². The number of nitrogens with zero attached hydrogens (tertiary/aromatic N) is 1. The van der Waals surface area contributed by atoms with Crippen LogP contribution in [-0.4, -0.2) is 24.0 Å². The van der Waals surface area contributed by atoms with E-state index in [9.17, 15) is 14.9 Å². The first-order valence-corrected chi connectivity index (χ1v) is 8.16. The molecule has 0 aliphatic carbocycles. The van der Waals surface area contributed by atoms with Gasteiger partial charge in [0.1, 0.15) is 19.0 Å². The normalized spacial score (nSPS) is 12.4. The lowest BCUT2D eigenvalue weighted by Gasteiger charge is -2.18. The average molecular weight is 366 g/mol. The van der Waals surface area contributed by atoms with Crippen LogP contribution >= 0.6 is 0 Å². The second kappa shape index (κ2) is 6.83. The molecule has 1 N–H and O–H groups in total. The Morgan fingerprint density at radius 3 is 2.44 bits per heavy atom. The summed E-state index contributed by atoms with van der Waals surface area (Å²) in [6, 6.07) is 14.2. The Morgan fingerprint density at radius 2 is 1.70 bits per heavy atom. The number of nitrogens with one attached hydrogen (secondary N) is 1. The van der Waals surface area contributed by atoms with Gasteiger partial charge in [0.25, 0.3) is 11.6 Å². The van der Waals surface area contributed by atoms with Gasteiger partial charge in [-0.3, -0.25) is 14.9 Å². The van der Waals surface area contributed by atoms with Gasteiger partial charge in [0.05, 0.1) is 4.92 Å². The van der Waals surface area contributed by atoms with E-state index in [2.05, 4.69) is 5.32 Å². The average Bonchev–Trinajstić information content (AvgIpc) is 3.18. The van der Waals surface area contributed by atoms with Crippen molar-refractivity contribution in [2.45, 2.75) is 0 Å². The summed E-state index contributed by atoms with van der Waals surface area (Å²) in [5.74, 6) is 1.36. The van der Waals surface area contributed by atoms with E-state index in [1.807, 2.05) is 0 Å². The lowest BCUT2D eigenvalue weighted by atomic mass is 10.1. The predicted octanol–water partition coefficient (Wildman–Crippen LogP) is 3.88. The molecule has 1 aromatic heterocycles. The molecule has 0 saturated heterocycles. The number of non-ortho nitro benzene ring substituents is 1. The molecule has 1 amide bonds. The van der Waals surface area contributed by atoms with Gasteiger partial charge in [-0.1, -0.05) is 0 Å². The number of ether oxygens (including phenoxy) is 2. The quantitative estimate of drug-likeness (QED) is 0.555. The van der Waals surface area contributed by atoms with E-state index in [0.29, 0.717) is 41.7 Å². The van der Waals surface area contributed by atoms with Crippen molar-refractivity contribution in [3.63, 3.8) is 0 Å². The van der Waals surface area contributed by atoms with Crippen LogP contribution in [0.2, 0.25) is 0 Å². The van der Waals surface area contributed by atoms with Gasteiger partial charge in [0.15, 0.2) is 17.3 Å². The largest absolute Gasteiger partial charge is 0.486 e. The summed E-state index contributed by atoms with van der Waals surface area (Å²) >= 11 is 0. The number of benzene rings is 2. The summed E-state index contributed by atoms with van der Waals surface area (Å²) in [5, 5.41) is 13.5. The fourth-order valence-corrected chi connectivity index (χ4v) is 2.68. The lowest BCUT2D eigenvalue weighted by Crippen LogP contribution is -2.16. The molecule has 136 valence electrons. The Morgan fingerprint density at radius 1 is 0.963 bits per heavy atom. The highest BCUT2D eigenvalue weighted by Gasteiger charge is 2.16. The fourth-order valence-electron chi connectivity index (χ4n) is 2.68. The van der Waals surface area contributed by atoms with Crippen molar-refractivity contribution in [2.75, 3.05) is 18.5 Å². The molecule has 0 bridgehead atoms. The lowest BCUT2D eigenvalue weighted by molar-refractivity contribution is -0.384. The van der Waals surface area contributed by atoms with E-state index in [0.717, 1.165) is 0 Å². The number of carbonyl (C=O) groups excluding carboxylic acids is 1. The fraction of sp³-hybridized carbons (Fsp3) is 0.105. The molecule has 0 radical (unpaired) electrons. The number of hydrogen-bond donors (Lipinski definition) is 1. The topological polar surface area (TPSA) is 104 Å². The predicted molar refractivity (Wildman–Crippen MR) is 96.2 cm³/mol. The number of carbonyl (C=O) groups is 1. The van der Waals surface area contributed by atoms with Gasteiger partial charge in [0, 0.05) is 29.4 Å². The van der Waals surface area contributed by atoms with Crippen LogP contribution in [0.3, 0.4) is 0 Å². The van der Waals surface area contributed by atoms with Crippen LogP contribution in [-0.2, 0) is 0 Å². The minimum atomic E-state index is -0.474. The van der Waals surface area contributed by atoms with Crippen molar-refractivity contribution in [2.24, 2.45) is 0 Å². The maximum atomic E-state index is 12.4. The van der Waals surface area contributed by atoms with Gasteiger partial charge >= 0.3 is 0 Å². The van der Waals surface area contributed by atoms with Crippen LogP contribution in [0.1, 0.15) is 10.6 Å². The highest BCUT2D eigenvalue weighted by Crippen LogP contribution is 2.33. The zero-order chi connectivity index (χ0) is 18.8. The maximum Gasteiger partial charge on any atom is 0.291 e. The van der Waals surface area contributed by atoms with Gasteiger partial charge in [-0.25, -0.2) is 0 Å². The minimum Gasteiger partial charge on any atom is -0.486 e. The van der Waals surface area contributed by atoms with E-state index in [-0.39, 0.29) is 11.4 Å². The van der Waals surface area contributed by atoms with Crippen molar-refractivity contribution in [1.82, 2.24) is 0 Å². The molecule has 3 aromatic rings. The Kier molecular flexibility index (Phi) is 4.21. The van der Waals surface area contributed by atoms with E-state index in [1.165, 1.54) is 12.1 Å². The standard InChI is InChI=1S/C19H14N2O6/c22-19(20-13-3-6-16-18(11-13)26-10-9-25-16)17-8-7-15(27-17)12-1-4-14(5-2-12)21(23)24/h1-8,11H,9-10H2,(H,20,22). The summed E-state index contributed by atoms with van der Waals surface area (Å²) in [5.41, 5.74) is 1.18. The number of anilines is 1. The highest BCUT2D eigenvalue weighted by atomic mass is 16.6. The molecule has 4 rings (SSSR count). The van der Waals surface area contributed by atoms with Crippen LogP contribution in [0.25, 0.3) is 11.3 Å². The molecule has 1 aliphatic heterocycles. The summed E-state index contributed by atoms with van der Waals surface area (Å²) in [7, 11) is 0. The Balaban J connectivity index is 1.49. The zero-order valence-corrected chi connectivity index (χ0v) is 14.0. The van der Waals surface area contributed by atoms with Gasteiger partial charge in [-0.15, -0.1) is 0 Å². The van der Waals surface area contributed by atoms with Crippen LogP contribution in [0.4, 0.5) is 11.4 Å². The first kappa shape index (κ1) is 16.6. The van der Waals surface area contributed by atoms with Crippen molar-refractivity contribution in [1.29, 1.82) is 0 Å². The Hall–Kier alpha value is -3.81. The van der Waals surface area contributed by atoms with Gasteiger partial charge in [-0.2, -0.15) is 0 Å². The molecule has 0 fully saturated rings. The zero-order valence-electron chi connectivity index (χ0n) is 14.0. The molecule has 8 heteroatoms. The van der Waals surface area contributed by atoms with Crippen molar-refractivity contribution < 1.29 is 23.6 Å². The van der Waals surface area contributed by atoms with Gasteiger partial charge in [-0.05, 0) is 36.4 Å². The van der Waals surface area contributed by atoms with Gasteiger partial charge in [0.2, 0.25) is 0 Å². The summed E-state index contributed by atoms with van der Waals surface area (Å²) in [6.45, 7) is 0.956. The van der Waals surface area contributed by atoms with Crippen LogP contribution in [0, 0.1) is 10.1 Å². The molecular formula is C19H14N2O6. The summed E-state index contributed by atoms with van der Waals surface area (Å²) in [6.07, 6.45) is 0. The molecule has 2 aromatic carbocycles. The second-order valence-corrected chi connectivity index (χ2v) is 5.78. The minimum absolute atomic E-state index is 0.0121. The van der Waals surface area contributed by atoms with E-state index in [1.54, 1.807) is 42.5 Å². The monoisotopic (exact) mass is 366 g/mol. The first-order valence-electron chi connectivity index (χ1n) is 8.16. The first-order chi connectivity index (χ1) is 13.1. The molecule has 27 heavy (non-hydrogen) atoms. The molecule has 0 atom stereocenters. The summed E-state index contributed by atoms with van der Waals surface area (Å²) < 4.78 is 16.5. The second-order valence-electron chi connectivity index (χ2n) is 5.78. The SMILES string of the molecule is O=C(Nc1ccc2c(c1)OCCO2)c1ccc(-c2ccc([N+](=O)[O-])cc2)o1. The molecule has 0 saturated carbocycles. The van der Waals surface area contributed by atoms with Crippen molar-refractivity contribution in [3.05, 3.63) is 70.5 Å². The van der Waals surface area contributed by atoms with Gasteiger partial charge < -0.3 is 19.2 Å². The van der Waals surface area contributed by atoms with Crippen LogP contribution in [0.15, 0.2) is 59.0 Å². The van der Waals surface area contributed by atoms with Crippen molar-refractivity contribution >= 4 is 17.3 Å². The summed E-state index contributed by atoms with van der Waals surface area (Å²) in [4.78, 5) is 22.6. The van der Waals surface area contributed by atoms with Crippen LogP contribution in [0.5, 0.6) is 11.5 Å². The third-order valence-electron chi connectivity index (χ3n) is 3.99. The third kappa shape index (κ3) is 3.45. The molecule has 2 heterocycles. The molecular weight excluding hydrogens is 352 g/mol. The smallest absolute Gasteiger partial charge is 0.291 e. The third-order valence-corrected chi connectivity index (χ3v) is 3.99. The van der Waals surface area contributed by atoms with Crippen molar-refractivity contribution in [3.8, 4) is 22.8 Å². The molecule has 0 spiro atoms. The number of amides is 1. The Bertz CT molecular complexity index is 1010. The van der Waals surface area contributed by atoms with Crippen LogP contribution < -0.4 is 14.8 Å². The number of fused-ring (bicyclic) bond motifs is 1. The number of rotatable bonds is 4. The number of hydrogen-bond acceptors (Lipinski definition) is 6. The van der Waals surface area contributed by atoms with E-state index < -0.39 is 10.8 Å². The molecule has 1 aliphatic rings. The number of nitro benzene ring substituents is 1. The number of furan rings is 1. The molecule has 0 unspecified atom stereocenters. The Labute approximate surface area is 153 Å². The maximum absolute atomic E-state index is 12.4.